The highest BCUT2D eigenvalue weighted by Gasteiger charge is 2.32. The van der Waals surface area contributed by atoms with E-state index in [0.717, 1.165) is 12.2 Å². The van der Waals surface area contributed by atoms with Crippen molar-refractivity contribution in [1.82, 2.24) is 0 Å². The molecule has 0 saturated heterocycles. The Labute approximate surface area is 104 Å². The standard InChI is InChI=1S/C16H22O/c1-12-8-9-15(10-12)16(13(2)11-17)14-6-4-3-5-7-14/h3-7,11-13,15-16H,8-10H2,1-2H3. The molecule has 4 atom stereocenters. The third kappa shape index (κ3) is 2.77. The minimum atomic E-state index is 0.132. The van der Waals surface area contributed by atoms with E-state index >= 15 is 0 Å². The second-order valence-electron chi connectivity index (χ2n) is 5.61. The molecule has 0 bridgehead atoms. The molecule has 4 unspecified atom stereocenters. The maximum atomic E-state index is 11.2. The molecule has 0 aliphatic heterocycles. The lowest BCUT2D eigenvalue weighted by Crippen LogP contribution is -2.19. The van der Waals surface area contributed by atoms with Gasteiger partial charge in [0.1, 0.15) is 6.29 Å². The van der Waals surface area contributed by atoms with E-state index in [1.807, 2.05) is 6.07 Å². The lowest BCUT2D eigenvalue weighted by Gasteiger charge is -2.27. The van der Waals surface area contributed by atoms with E-state index in [9.17, 15) is 4.79 Å². The van der Waals surface area contributed by atoms with Gasteiger partial charge < -0.3 is 4.79 Å². The summed E-state index contributed by atoms with van der Waals surface area (Å²) >= 11 is 0. The fraction of sp³-hybridized carbons (Fsp3) is 0.562. The van der Waals surface area contributed by atoms with E-state index in [2.05, 4.69) is 38.1 Å². The summed E-state index contributed by atoms with van der Waals surface area (Å²) in [5, 5.41) is 0. The highest BCUT2D eigenvalue weighted by Crippen LogP contribution is 2.43. The van der Waals surface area contributed by atoms with Gasteiger partial charge in [0.25, 0.3) is 0 Å². The SMILES string of the molecule is CC1CCC(C(c2ccccc2)C(C)C=O)C1. The summed E-state index contributed by atoms with van der Waals surface area (Å²) in [5.74, 6) is 2.06. The van der Waals surface area contributed by atoms with E-state index in [1.165, 1.54) is 24.8 Å². The average Bonchev–Trinajstić information content (AvgIpc) is 2.77. The molecule has 1 heteroatoms. The molecular weight excluding hydrogens is 208 g/mol. The molecule has 1 nitrogen and oxygen atoms in total. The second kappa shape index (κ2) is 5.48. The van der Waals surface area contributed by atoms with Crippen molar-refractivity contribution >= 4 is 6.29 Å². The van der Waals surface area contributed by atoms with Crippen LogP contribution in [0.1, 0.15) is 44.6 Å². The quantitative estimate of drug-likeness (QED) is 0.713. The molecule has 2 rings (SSSR count). The average molecular weight is 230 g/mol. The van der Waals surface area contributed by atoms with Gasteiger partial charge in [0.2, 0.25) is 0 Å². The van der Waals surface area contributed by atoms with Gasteiger partial charge in [0.15, 0.2) is 0 Å². The van der Waals surface area contributed by atoms with Gasteiger partial charge in [-0.1, -0.05) is 50.6 Å². The van der Waals surface area contributed by atoms with Crippen LogP contribution in [0.5, 0.6) is 0 Å². The largest absolute Gasteiger partial charge is 0.303 e. The van der Waals surface area contributed by atoms with Crippen molar-refractivity contribution in [2.45, 2.75) is 39.0 Å². The molecule has 92 valence electrons. The van der Waals surface area contributed by atoms with Crippen molar-refractivity contribution in [3.63, 3.8) is 0 Å². The molecule has 1 fully saturated rings. The molecule has 17 heavy (non-hydrogen) atoms. The fourth-order valence-electron chi connectivity index (χ4n) is 3.34. The van der Waals surface area contributed by atoms with Gasteiger partial charge in [-0.25, -0.2) is 0 Å². The van der Waals surface area contributed by atoms with E-state index in [4.69, 9.17) is 0 Å². The number of aldehydes is 1. The highest BCUT2D eigenvalue weighted by molar-refractivity contribution is 5.55. The zero-order chi connectivity index (χ0) is 12.3. The van der Waals surface area contributed by atoms with Crippen LogP contribution in [0.2, 0.25) is 0 Å². The molecule has 0 amide bonds. The fourth-order valence-corrected chi connectivity index (χ4v) is 3.34. The van der Waals surface area contributed by atoms with Crippen LogP contribution < -0.4 is 0 Å². The van der Waals surface area contributed by atoms with Crippen LogP contribution in [-0.2, 0) is 4.79 Å². The third-order valence-corrected chi connectivity index (χ3v) is 4.21. The third-order valence-electron chi connectivity index (χ3n) is 4.21. The Morgan fingerprint density at radius 2 is 1.94 bits per heavy atom. The first-order valence-corrected chi connectivity index (χ1v) is 6.72. The Morgan fingerprint density at radius 3 is 2.47 bits per heavy atom. The molecule has 0 N–H and O–H groups in total. The van der Waals surface area contributed by atoms with Crippen LogP contribution in [0.15, 0.2) is 30.3 Å². The molecule has 1 saturated carbocycles. The number of carbonyl (C=O) groups is 1. The Balaban J connectivity index is 2.22. The summed E-state index contributed by atoms with van der Waals surface area (Å²) in [5.41, 5.74) is 1.34. The molecule has 1 aromatic carbocycles. The number of benzene rings is 1. The Morgan fingerprint density at radius 1 is 1.24 bits per heavy atom. The summed E-state index contributed by atoms with van der Waals surface area (Å²) < 4.78 is 0. The van der Waals surface area contributed by atoms with Gasteiger partial charge in [0.05, 0.1) is 0 Å². The zero-order valence-electron chi connectivity index (χ0n) is 10.8. The van der Waals surface area contributed by atoms with E-state index in [-0.39, 0.29) is 5.92 Å². The predicted molar refractivity (Wildman–Crippen MR) is 70.9 cm³/mol. The van der Waals surface area contributed by atoms with Gasteiger partial charge in [-0.15, -0.1) is 0 Å². The zero-order valence-corrected chi connectivity index (χ0v) is 10.8. The van der Waals surface area contributed by atoms with E-state index < -0.39 is 0 Å². The van der Waals surface area contributed by atoms with Crippen molar-refractivity contribution in [2.75, 3.05) is 0 Å². The Bertz CT molecular complexity index is 357. The summed E-state index contributed by atoms with van der Waals surface area (Å²) in [6.45, 7) is 4.39. The van der Waals surface area contributed by atoms with Gasteiger partial charge in [-0.05, 0) is 36.2 Å². The first kappa shape index (κ1) is 12.3. The number of hydrogen-bond acceptors (Lipinski definition) is 1. The van der Waals surface area contributed by atoms with Gasteiger partial charge in [-0.2, -0.15) is 0 Å². The maximum absolute atomic E-state index is 11.2. The monoisotopic (exact) mass is 230 g/mol. The Kier molecular flexibility index (Phi) is 3.98. The first-order valence-electron chi connectivity index (χ1n) is 6.72. The van der Waals surface area contributed by atoms with Crippen LogP contribution >= 0.6 is 0 Å². The topological polar surface area (TPSA) is 17.1 Å². The van der Waals surface area contributed by atoms with E-state index in [0.29, 0.717) is 11.8 Å². The molecule has 1 aromatic rings. The predicted octanol–water partition coefficient (Wildman–Crippen LogP) is 4.04. The molecule has 0 spiro atoms. The molecule has 0 aromatic heterocycles. The lowest BCUT2D eigenvalue weighted by atomic mass is 9.77. The van der Waals surface area contributed by atoms with Crippen LogP contribution in [0.3, 0.4) is 0 Å². The summed E-state index contributed by atoms with van der Waals surface area (Å²) in [6, 6.07) is 10.6. The van der Waals surface area contributed by atoms with Crippen molar-refractivity contribution in [3.05, 3.63) is 35.9 Å². The summed E-state index contributed by atoms with van der Waals surface area (Å²) in [6.07, 6.45) is 5.00. The van der Waals surface area contributed by atoms with E-state index in [1.54, 1.807) is 0 Å². The number of rotatable bonds is 4. The normalized spacial score (nSPS) is 27.6. The van der Waals surface area contributed by atoms with Crippen molar-refractivity contribution in [2.24, 2.45) is 17.8 Å². The lowest BCUT2D eigenvalue weighted by molar-refractivity contribution is -0.111. The molecular formula is C16H22O. The minimum Gasteiger partial charge on any atom is -0.303 e. The smallest absolute Gasteiger partial charge is 0.123 e. The summed E-state index contributed by atoms with van der Waals surface area (Å²) in [7, 11) is 0. The van der Waals surface area contributed by atoms with Gasteiger partial charge in [0, 0.05) is 5.92 Å². The van der Waals surface area contributed by atoms with Crippen LogP contribution in [-0.4, -0.2) is 6.29 Å². The second-order valence-corrected chi connectivity index (χ2v) is 5.61. The number of hydrogen-bond donors (Lipinski definition) is 0. The molecule has 1 aliphatic carbocycles. The highest BCUT2D eigenvalue weighted by atomic mass is 16.1. The van der Waals surface area contributed by atoms with Crippen LogP contribution in [0.25, 0.3) is 0 Å². The van der Waals surface area contributed by atoms with Crippen molar-refractivity contribution < 1.29 is 4.79 Å². The summed E-state index contributed by atoms with van der Waals surface area (Å²) in [4.78, 5) is 11.2. The van der Waals surface area contributed by atoms with Gasteiger partial charge >= 0.3 is 0 Å². The van der Waals surface area contributed by atoms with Crippen LogP contribution in [0.4, 0.5) is 0 Å². The van der Waals surface area contributed by atoms with Gasteiger partial charge in [-0.3, -0.25) is 0 Å². The number of carbonyl (C=O) groups excluding carboxylic acids is 1. The molecule has 0 heterocycles. The van der Waals surface area contributed by atoms with Crippen molar-refractivity contribution in [3.8, 4) is 0 Å². The maximum Gasteiger partial charge on any atom is 0.123 e. The Hall–Kier alpha value is -1.11. The minimum absolute atomic E-state index is 0.132. The first-order chi connectivity index (χ1) is 8.22. The van der Waals surface area contributed by atoms with Crippen molar-refractivity contribution in [1.29, 1.82) is 0 Å². The van der Waals surface area contributed by atoms with Crippen LogP contribution in [0, 0.1) is 17.8 Å². The molecule has 1 aliphatic rings. The molecule has 0 radical (unpaired) electrons.